The van der Waals surface area contributed by atoms with Crippen molar-refractivity contribution in [3.63, 3.8) is 0 Å². The third-order valence-electron chi connectivity index (χ3n) is 6.73. The summed E-state index contributed by atoms with van der Waals surface area (Å²) < 4.78 is 5.98. The predicted octanol–water partition coefficient (Wildman–Crippen LogP) is -0.614. The van der Waals surface area contributed by atoms with Crippen molar-refractivity contribution in [2.24, 2.45) is 5.16 Å². The average Bonchev–Trinajstić information content (AvgIpc) is 3.58. The zero-order chi connectivity index (χ0) is 29.1. The van der Waals surface area contributed by atoms with E-state index >= 15 is 0 Å². The molecule has 1 saturated heterocycles. The van der Waals surface area contributed by atoms with Crippen LogP contribution in [0.5, 0.6) is 0 Å². The third-order valence-corrected chi connectivity index (χ3v) is 8.62. The number of nitrogens with two attached hydrogens (primary N) is 1. The number of nitrogen functional groups attached to an aromatic ring is 1. The number of pyridine rings is 1. The number of aliphatic carboxylic acids is 1. The van der Waals surface area contributed by atoms with Crippen molar-refractivity contribution in [2.75, 3.05) is 55.1 Å². The Morgan fingerprint density at radius 1 is 1.41 bits per heavy atom. The van der Waals surface area contributed by atoms with Gasteiger partial charge in [-0.2, -0.15) is 9.36 Å². The van der Waals surface area contributed by atoms with E-state index in [1.807, 2.05) is 29.9 Å². The molecule has 15 nitrogen and oxygen atoms in total. The van der Waals surface area contributed by atoms with Gasteiger partial charge in [0.25, 0.3) is 17.6 Å². The van der Waals surface area contributed by atoms with E-state index in [1.54, 1.807) is 6.92 Å². The lowest BCUT2D eigenvalue weighted by atomic mass is 10.0. The Balaban J connectivity index is 1.33. The van der Waals surface area contributed by atoms with E-state index in [1.165, 1.54) is 16.7 Å². The third kappa shape index (κ3) is 5.64. The monoisotopic (exact) mass is 603 g/mol. The Hall–Kier alpha value is -3.96. The smallest absolute Gasteiger partial charge is 0.352 e. The zero-order valence-corrected chi connectivity index (χ0v) is 24.1. The van der Waals surface area contributed by atoms with Gasteiger partial charge in [0.1, 0.15) is 36.0 Å². The van der Waals surface area contributed by atoms with Gasteiger partial charge in [-0.25, -0.2) is 9.36 Å². The van der Waals surface area contributed by atoms with Crippen LogP contribution in [0.4, 0.5) is 16.6 Å². The van der Waals surface area contributed by atoms with Gasteiger partial charge in [0.2, 0.25) is 11.5 Å². The lowest BCUT2D eigenvalue weighted by molar-refractivity contribution is -0.674. The number of carboxylic acid groups (broad SMARTS) is 1. The Labute approximate surface area is 244 Å². The van der Waals surface area contributed by atoms with Crippen LogP contribution in [0, 0.1) is 0 Å². The maximum absolute atomic E-state index is 13.2. The molecule has 5 rings (SSSR count). The molecule has 2 aromatic heterocycles. The number of nitrogens with one attached hydrogen (secondary N) is 3. The molecule has 1 fully saturated rings. The molecule has 0 saturated carbocycles. The number of carbonyl (C=O) groups excluding carboxylic acids is 2. The van der Waals surface area contributed by atoms with Crippen LogP contribution in [0.1, 0.15) is 19.2 Å². The molecule has 2 atom stereocenters. The van der Waals surface area contributed by atoms with Crippen molar-refractivity contribution in [1.29, 1.82) is 0 Å². The Kier molecular flexibility index (Phi) is 8.55. The van der Waals surface area contributed by atoms with E-state index < -0.39 is 29.2 Å². The second-order valence-corrected chi connectivity index (χ2v) is 11.2. The summed E-state index contributed by atoms with van der Waals surface area (Å²) in [7, 11) is 1.92. The molecule has 3 aliphatic heterocycles. The topological polar surface area (TPSA) is 191 Å². The van der Waals surface area contributed by atoms with Crippen LogP contribution in [0.3, 0.4) is 0 Å². The Bertz CT molecular complexity index is 1410. The SMILES string of the molecule is CCON=C(C(=O)N[C@@H]1C(=O)N2C(C(=O)O)=C(C[n+]3cccc4c3NCN4CCCNC)CS[C@H]12)c1nsc(N)n1. The minimum Gasteiger partial charge on any atom is -0.477 e. The molecule has 0 aromatic carbocycles. The van der Waals surface area contributed by atoms with Crippen molar-refractivity contribution < 1.29 is 28.9 Å². The highest BCUT2D eigenvalue weighted by Crippen LogP contribution is 2.40. The number of fused-ring (bicyclic) bond motifs is 2. The van der Waals surface area contributed by atoms with Crippen LogP contribution in [0.2, 0.25) is 0 Å². The van der Waals surface area contributed by atoms with Gasteiger partial charge in [-0.1, -0.05) is 5.16 Å². The van der Waals surface area contributed by atoms with Gasteiger partial charge in [0.05, 0.1) is 6.20 Å². The summed E-state index contributed by atoms with van der Waals surface area (Å²) in [5.74, 6) is -1.19. The number of β-lactam (4-membered cyclic amide) rings is 1. The predicted molar refractivity (Wildman–Crippen MR) is 153 cm³/mol. The van der Waals surface area contributed by atoms with Gasteiger partial charge in [0, 0.05) is 29.4 Å². The van der Waals surface area contributed by atoms with Gasteiger partial charge in [-0.15, -0.1) is 11.8 Å². The second-order valence-electron chi connectivity index (χ2n) is 9.36. The highest BCUT2D eigenvalue weighted by molar-refractivity contribution is 8.00. The standard InChI is InChI=1S/C24H30N10O5S2/c1-3-39-30-15(18-29-24(25)41-31-18)20(35)28-16-21(36)34-17(23(37)38)13(11-40-22(16)34)10-32-8-4-6-14-19(32)27-12-33(14)9-5-7-26-2/h4,6,8,16,22,26H,3,5,7,9-12H2,1-2H3,(H4,25,28,29,31,35,37,38)/p+1/t16-,22-/m1/s1. The van der Waals surface area contributed by atoms with Crippen LogP contribution in [0.25, 0.3) is 0 Å². The number of oxime groups is 1. The highest BCUT2D eigenvalue weighted by Gasteiger charge is 2.54. The Morgan fingerprint density at radius 3 is 2.95 bits per heavy atom. The van der Waals surface area contributed by atoms with Gasteiger partial charge < -0.3 is 31.2 Å². The number of carbonyl (C=O) groups is 3. The van der Waals surface area contributed by atoms with Crippen LogP contribution in [0.15, 0.2) is 34.8 Å². The van der Waals surface area contributed by atoms with Crippen molar-refractivity contribution in [3.05, 3.63) is 35.4 Å². The highest BCUT2D eigenvalue weighted by atomic mass is 32.2. The number of hydrogen-bond acceptors (Lipinski definition) is 13. The van der Waals surface area contributed by atoms with Crippen LogP contribution in [-0.2, 0) is 25.8 Å². The fourth-order valence-electron chi connectivity index (χ4n) is 4.88. The summed E-state index contributed by atoms with van der Waals surface area (Å²) in [4.78, 5) is 51.2. The molecular weight excluding hydrogens is 572 g/mol. The maximum Gasteiger partial charge on any atom is 0.352 e. The molecule has 0 unspecified atom stereocenters. The summed E-state index contributed by atoms with van der Waals surface area (Å²) >= 11 is 2.28. The number of amides is 2. The quantitative estimate of drug-likeness (QED) is 0.0681. The normalized spacial score (nSPS) is 19.9. The first-order valence-corrected chi connectivity index (χ1v) is 14.8. The Morgan fingerprint density at radius 2 is 2.24 bits per heavy atom. The zero-order valence-electron chi connectivity index (χ0n) is 22.5. The molecule has 41 heavy (non-hydrogen) atoms. The second kappa shape index (κ2) is 12.3. The molecule has 0 spiro atoms. The molecule has 0 aliphatic carbocycles. The van der Waals surface area contributed by atoms with E-state index in [0.717, 1.165) is 42.5 Å². The van der Waals surface area contributed by atoms with Crippen molar-refractivity contribution >= 4 is 63.4 Å². The summed E-state index contributed by atoms with van der Waals surface area (Å²) in [6, 6.07) is 3.02. The van der Waals surface area contributed by atoms with Crippen molar-refractivity contribution in [2.45, 2.75) is 31.3 Å². The van der Waals surface area contributed by atoms with Gasteiger partial charge in [0.15, 0.2) is 11.8 Å². The number of nitrogens with zero attached hydrogens (tertiary/aromatic N) is 6. The molecule has 2 aromatic rings. The first kappa shape index (κ1) is 28.6. The summed E-state index contributed by atoms with van der Waals surface area (Å²) in [5, 5.41) is 22.7. The number of carboxylic acids is 1. The fraction of sp³-hybridized carbons (Fsp3) is 0.458. The number of rotatable bonds is 12. The molecule has 218 valence electrons. The van der Waals surface area contributed by atoms with E-state index in [4.69, 9.17) is 10.6 Å². The van der Waals surface area contributed by atoms with Gasteiger partial charge in [-0.05, 0) is 39.1 Å². The fourth-order valence-corrected chi connectivity index (χ4v) is 6.65. The van der Waals surface area contributed by atoms with Crippen molar-refractivity contribution in [1.82, 2.24) is 24.9 Å². The molecule has 17 heteroatoms. The van der Waals surface area contributed by atoms with Gasteiger partial charge in [-0.3, -0.25) is 19.8 Å². The molecular formula is C24H31N10O5S2+. The minimum absolute atomic E-state index is 0.0200. The molecule has 0 radical (unpaired) electrons. The molecule has 2 amide bonds. The van der Waals surface area contributed by atoms with E-state index in [0.29, 0.717) is 24.5 Å². The largest absolute Gasteiger partial charge is 0.477 e. The van der Waals surface area contributed by atoms with Crippen LogP contribution < -0.4 is 31.2 Å². The van der Waals surface area contributed by atoms with E-state index in [2.05, 4.69) is 35.4 Å². The molecule has 5 heterocycles. The summed E-state index contributed by atoms with van der Waals surface area (Å²) in [6.07, 6.45) is 2.88. The van der Waals surface area contributed by atoms with Crippen LogP contribution >= 0.6 is 23.3 Å². The van der Waals surface area contributed by atoms with Crippen LogP contribution in [-0.4, -0.2) is 93.4 Å². The first-order valence-electron chi connectivity index (χ1n) is 13.0. The van der Waals surface area contributed by atoms with Gasteiger partial charge >= 0.3 is 5.97 Å². The first-order chi connectivity index (χ1) is 19.8. The summed E-state index contributed by atoms with van der Waals surface area (Å²) in [5.41, 5.74) is 7.02. The number of hydrogen-bond donors (Lipinski definition) is 5. The number of anilines is 3. The number of aromatic nitrogens is 3. The molecule has 0 bridgehead atoms. The summed E-state index contributed by atoms with van der Waals surface area (Å²) in [6.45, 7) is 4.65. The lowest BCUT2D eigenvalue weighted by Gasteiger charge is -2.49. The molecule has 6 N–H and O–H groups in total. The van der Waals surface area contributed by atoms with E-state index in [-0.39, 0.29) is 29.0 Å². The number of thioether (sulfide) groups is 1. The van der Waals surface area contributed by atoms with Crippen molar-refractivity contribution in [3.8, 4) is 0 Å². The minimum atomic E-state index is -1.20. The molecule has 3 aliphatic rings. The lowest BCUT2D eigenvalue weighted by Crippen LogP contribution is -2.71. The maximum atomic E-state index is 13.2. The average molecular weight is 604 g/mol. The van der Waals surface area contributed by atoms with E-state index in [9.17, 15) is 19.5 Å².